The molecule has 0 bridgehead atoms. The molecule has 2 nitrogen and oxygen atoms in total. The fraction of sp³-hybridized carbons (Fsp3) is 0.556. The lowest BCUT2D eigenvalue weighted by molar-refractivity contribution is 0.143. The van der Waals surface area contributed by atoms with Gasteiger partial charge in [0.05, 0.1) is 13.2 Å². The van der Waals surface area contributed by atoms with Gasteiger partial charge in [-0.05, 0) is 42.7 Å². The van der Waals surface area contributed by atoms with Crippen molar-refractivity contribution in [3.63, 3.8) is 0 Å². The Morgan fingerprint density at radius 2 is 1.90 bits per heavy atom. The quantitative estimate of drug-likeness (QED) is 0.707. The fourth-order valence-corrected chi connectivity index (χ4v) is 2.99. The number of ether oxygens (including phenoxy) is 2. The fourth-order valence-electron chi connectivity index (χ4n) is 2.99. The Balaban J connectivity index is 2.11. The highest BCUT2D eigenvalue weighted by Crippen LogP contribution is 2.42. The first-order valence-electron chi connectivity index (χ1n) is 7.39. The first kappa shape index (κ1) is 15.1. The van der Waals surface area contributed by atoms with Gasteiger partial charge < -0.3 is 9.47 Å². The first-order valence-corrected chi connectivity index (χ1v) is 7.39. The van der Waals surface area contributed by atoms with Crippen LogP contribution >= 0.6 is 0 Å². The van der Waals surface area contributed by atoms with Crippen molar-refractivity contribution in [2.75, 3.05) is 14.2 Å². The van der Waals surface area contributed by atoms with E-state index >= 15 is 0 Å². The summed E-state index contributed by atoms with van der Waals surface area (Å²) in [5, 5.41) is 0. The number of hydrogen-bond acceptors (Lipinski definition) is 2. The summed E-state index contributed by atoms with van der Waals surface area (Å²) in [5.41, 5.74) is 1.68. The molecule has 0 aliphatic heterocycles. The Hall–Kier alpha value is -1.28. The molecular weight excluding hydrogens is 248 g/mol. The topological polar surface area (TPSA) is 18.5 Å². The van der Waals surface area contributed by atoms with E-state index in [0.29, 0.717) is 5.92 Å². The van der Waals surface area contributed by atoms with Crippen LogP contribution in [0, 0.1) is 11.3 Å². The molecule has 2 aliphatic carbocycles. The van der Waals surface area contributed by atoms with Gasteiger partial charge >= 0.3 is 0 Å². The minimum absolute atomic E-state index is 0.166. The molecular formula is C18H26O2. The number of allylic oxidation sites excluding steroid dienone is 5. The van der Waals surface area contributed by atoms with Gasteiger partial charge in [-0.2, -0.15) is 0 Å². The molecule has 0 radical (unpaired) electrons. The zero-order valence-electron chi connectivity index (χ0n) is 13.1. The Morgan fingerprint density at radius 3 is 2.50 bits per heavy atom. The van der Waals surface area contributed by atoms with Crippen LogP contribution in [0.3, 0.4) is 0 Å². The molecule has 0 aromatic heterocycles. The maximum absolute atomic E-state index is 5.43. The summed E-state index contributed by atoms with van der Waals surface area (Å²) in [6.07, 6.45) is 16.7. The molecule has 2 atom stereocenters. The highest BCUT2D eigenvalue weighted by atomic mass is 16.5. The minimum Gasteiger partial charge on any atom is -0.497 e. The molecule has 2 heteroatoms. The molecule has 20 heavy (non-hydrogen) atoms. The Morgan fingerprint density at radius 1 is 1.10 bits per heavy atom. The van der Waals surface area contributed by atoms with E-state index in [1.54, 1.807) is 14.2 Å². The van der Waals surface area contributed by atoms with E-state index in [-0.39, 0.29) is 11.5 Å². The van der Waals surface area contributed by atoms with Crippen LogP contribution in [0.5, 0.6) is 0 Å². The molecule has 0 aromatic rings. The van der Waals surface area contributed by atoms with E-state index in [1.807, 2.05) is 0 Å². The molecule has 0 saturated heterocycles. The smallest absolute Gasteiger partial charge is 0.114 e. The molecule has 0 spiro atoms. The zero-order chi connectivity index (χ0) is 14.6. The van der Waals surface area contributed by atoms with Crippen LogP contribution in [-0.2, 0) is 9.47 Å². The molecule has 0 saturated carbocycles. The second kappa shape index (κ2) is 6.45. The molecule has 0 N–H and O–H groups in total. The second-order valence-corrected chi connectivity index (χ2v) is 6.11. The third-order valence-electron chi connectivity index (χ3n) is 4.64. The van der Waals surface area contributed by atoms with Gasteiger partial charge in [-0.1, -0.05) is 43.7 Å². The summed E-state index contributed by atoms with van der Waals surface area (Å²) >= 11 is 0. The molecule has 2 unspecified atom stereocenters. The van der Waals surface area contributed by atoms with Crippen LogP contribution in [0.15, 0.2) is 47.8 Å². The Kier molecular flexibility index (Phi) is 4.87. The number of methoxy groups -OCH3 is 2. The van der Waals surface area contributed by atoms with Gasteiger partial charge in [0.15, 0.2) is 0 Å². The predicted molar refractivity (Wildman–Crippen MR) is 83.4 cm³/mol. The normalized spacial score (nSPS) is 26.8. The van der Waals surface area contributed by atoms with Crippen LogP contribution in [0.1, 0.15) is 33.1 Å². The maximum atomic E-state index is 5.43. The van der Waals surface area contributed by atoms with Crippen molar-refractivity contribution < 1.29 is 9.47 Å². The molecule has 0 aromatic carbocycles. The molecule has 0 amide bonds. The van der Waals surface area contributed by atoms with Crippen LogP contribution in [0.4, 0.5) is 0 Å². The third kappa shape index (κ3) is 3.24. The summed E-state index contributed by atoms with van der Waals surface area (Å²) in [4.78, 5) is 0. The van der Waals surface area contributed by atoms with Crippen molar-refractivity contribution in [1.29, 1.82) is 0 Å². The van der Waals surface area contributed by atoms with Crippen LogP contribution in [-0.4, -0.2) is 20.3 Å². The van der Waals surface area contributed by atoms with Crippen LogP contribution in [0.2, 0.25) is 0 Å². The minimum atomic E-state index is 0.166. The predicted octanol–water partition coefficient (Wildman–Crippen LogP) is 4.41. The molecule has 0 fully saturated rings. The van der Waals surface area contributed by atoms with Gasteiger partial charge in [-0.3, -0.25) is 0 Å². The van der Waals surface area contributed by atoms with E-state index in [2.05, 4.69) is 50.3 Å². The van der Waals surface area contributed by atoms with Crippen molar-refractivity contribution >= 4 is 0 Å². The largest absolute Gasteiger partial charge is 0.497 e. The summed E-state index contributed by atoms with van der Waals surface area (Å²) in [7, 11) is 3.51. The molecule has 2 rings (SSSR count). The van der Waals surface area contributed by atoms with E-state index in [1.165, 1.54) is 5.57 Å². The van der Waals surface area contributed by atoms with E-state index in [4.69, 9.17) is 9.47 Å². The summed E-state index contributed by atoms with van der Waals surface area (Å²) < 4.78 is 10.7. The first-order chi connectivity index (χ1) is 9.57. The van der Waals surface area contributed by atoms with E-state index in [9.17, 15) is 0 Å². The molecule has 110 valence electrons. The standard InChI is InChI=1S/C18H26O2/c1-18(2,15-9-12-17(20-4)13-10-15)14-6-5-7-16(19-3)11-8-14/h5,7-9,12-13,15-16H,6,10-11H2,1-4H3. The Bertz CT molecular complexity index is 452. The lowest BCUT2D eigenvalue weighted by Gasteiger charge is -2.36. The van der Waals surface area contributed by atoms with Gasteiger partial charge in [-0.25, -0.2) is 0 Å². The molecule has 2 aliphatic rings. The lowest BCUT2D eigenvalue weighted by atomic mass is 9.69. The van der Waals surface area contributed by atoms with Crippen molar-refractivity contribution in [3.05, 3.63) is 47.8 Å². The van der Waals surface area contributed by atoms with Gasteiger partial charge in [0.25, 0.3) is 0 Å². The second-order valence-electron chi connectivity index (χ2n) is 6.11. The monoisotopic (exact) mass is 274 g/mol. The van der Waals surface area contributed by atoms with E-state index < -0.39 is 0 Å². The van der Waals surface area contributed by atoms with Crippen LogP contribution in [0.25, 0.3) is 0 Å². The Labute approximate surface area is 122 Å². The number of rotatable bonds is 4. The van der Waals surface area contributed by atoms with Crippen molar-refractivity contribution in [2.45, 2.75) is 39.2 Å². The van der Waals surface area contributed by atoms with Crippen molar-refractivity contribution in [2.24, 2.45) is 11.3 Å². The zero-order valence-corrected chi connectivity index (χ0v) is 13.1. The van der Waals surface area contributed by atoms with Gasteiger partial charge in [0.1, 0.15) is 5.76 Å². The SMILES string of the molecule is COC1=CCC(C(C)(C)C2=CCC(OC)C=CC2)C=C1. The van der Waals surface area contributed by atoms with Gasteiger partial charge in [0.2, 0.25) is 0 Å². The van der Waals surface area contributed by atoms with Gasteiger partial charge in [0, 0.05) is 7.11 Å². The van der Waals surface area contributed by atoms with Crippen molar-refractivity contribution in [3.8, 4) is 0 Å². The van der Waals surface area contributed by atoms with Crippen LogP contribution < -0.4 is 0 Å². The summed E-state index contributed by atoms with van der Waals surface area (Å²) in [6.45, 7) is 4.70. The van der Waals surface area contributed by atoms with E-state index in [0.717, 1.165) is 25.0 Å². The highest BCUT2D eigenvalue weighted by molar-refractivity contribution is 5.27. The average Bonchev–Trinajstić information content (AvgIpc) is 2.73. The average molecular weight is 274 g/mol. The van der Waals surface area contributed by atoms with Gasteiger partial charge in [-0.15, -0.1) is 0 Å². The highest BCUT2D eigenvalue weighted by Gasteiger charge is 2.32. The lowest BCUT2D eigenvalue weighted by Crippen LogP contribution is -2.26. The summed E-state index contributed by atoms with van der Waals surface area (Å²) in [6, 6.07) is 0. The maximum Gasteiger partial charge on any atom is 0.114 e. The third-order valence-corrected chi connectivity index (χ3v) is 4.64. The summed E-state index contributed by atoms with van der Waals surface area (Å²) in [5.74, 6) is 1.51. The molecule has 0 heterocycles. The number of hydrogen-bond donors (Lipinski definition) is 0. The van der Waals surface area contributed by atoms with Crippen molar-refractivity contribution in [1.82, 2.24) is 0 Å².